The lowest BCUT2D eigenvalue weighted by Crippen LogP contribution is -2.45. The molecule has 2 aromatic carbocycles. The fraction of sp³-hybridized carbons (Fsp3) is 0.360. The molecule has 180 valence electrons. The zero-order chi connectivity index (χ0) is 24.0. The van der Waals surface area contributed by atoms with E-state index in [1.807, 2.05) is 36.4 Å². The largest absolute Gasteiger partial charge is 0.354 e. The Labute approximate surface area is 200 Å². The fourth-order valence-electron chi connectivity index (χ4n) is 4.23. The topological polar surface area (TPSA) is 87.2 Å². The van der Waals surface area contributed by atoms with Gasteiger partial charge < -0.3 is 10.6 Å². The highest BCUT2D eigenvalue weighted by Crippen LogP contribution is 2.25. The molecule has 7 nitrogen and oxygen atoms in total. The van der Waals surface area contributed by atoms with Crippen molar-refractivity contribution in [3.8, 4) is 11.3 Å². The van der Waals surface area contributed by atoms with Gasteiger partial charge in [0.15, 0.2) is 5.82 Å². The zero-order valence-corrected chi connectivity index (χ0v) is 20.1. The molecule has 1 fully saturated rings. The van der Waals surface area contributed by atoms with Gasteiger partial charge in [0.05, 0.1) is 12.5 Å². The van der Waals surface area contributed by atoms with Gasteiger partial charge in [-0.1, -0.05) is 48.5 Å². The molecule has 3 aromatic rings. The molecule has 4 rings (SSSR count). The van der Waals surface area contributed by atoms with Gasteiger partial charge in [0.1, 0.15) is 5.69 Å². The Balaban J connectivity index is 1.50. The van der Waals surface area contributed by atoms with E-state index in [1.54, 1.807) is 22.5 Å². The van der Waals surface area contributed by atoms with Crippen LogP contribution in [0.4, 0.5) is 10.3 Å². The zero-order valence-electron chi connectivity index (χ0n) is 19.2. The summed E-state index contributed by atoms with van der Waals surface area (Å²) in [6.45, 7) is 2.45. The van der Waals surface area contributed by atoms with Crippen molar-refractivity contribution in [2.45, 2.75) is 31.8 Å². The normalized spacial score (nSPS) is 14.9. The molecule has 1 aromatic heterocycles. The van der Waals surface area contributed by atoms with E-state index >= 15 is 0 Å². The molecule has 0 bridgehead atoms. The van der Waals surface area contributed by atoms with E-state index < -0.39 is 15.8 Å². The first kappa shape index (κ1) is 24.3. The highest BCUT2D eigenvalue weighted by Gasteiger charge is 2.28. The molecular weight excluding hydrogens is 453 g/mol. The van der Waals surface area contributed by atoms with Crippen LogP contribution >= 0.6 is 0 Å². The third kappa shape index (κ3) is 6.37. The maximum Gasteiger partial charge on any atom is 0.223 e. The van der Waals surface area contributed by atoms with Crippen molar-refractivity contribution >= 4 is 16.0 Å². The van der Waals surface area contributed by atoms with E-state index in [0.717, 1.165) is 44.1 Å². The number of nitrogens with one attached hydrogen (secondary N) is 2. The number of halogens is 1. The molecule has 1 aliphatic rings. The van der Waals surface area contributed by atoms with Gasteiger partial charge in [-0.25, -0.2) is 22.8 Å². The van der Waals surface area contributed by atoms with Crippen molar-refractivity contribution in [1.29, 1.82) is 0 Å². The molecule has 2 N–H and O–H groups in total. The van der Waals surface area contributed by atoms with Crippen LogP contribution in [0.2, 0.25) is 0 Å². The fourth-order valence-corrected chi connectivity index (χ4v) is 5.36. The Kier molecular flexibility index (Phi) is 7.87. The van der Waals surface area contributed by atoms with Crippen molar-refractivity contribution in [3.63, 3.8) is 0 Å². The molecule has 0 amide bonds. The summed E-state index contributed by atoms with van der Waals surface area (Å²) < 4.78 is 41.2. The number of nitrogens with zero attached hydrogens (tertiary/aromatic N) is 3. The average Bonchev–Trinajstić information content (AvgIpc) is 2.84. The molecule has 9 heteroatoms. The summed E-state index contributed by atoms with van der Waals surface area (Å²) in [6.07, 6.45) is 4.75. The van der Waals surface area contributed by atoms with Crippen molar-refractivity contribution in [1.82, 2.24) is 19.6 Å². The molecular formula is C25H30FN5O2S. The van der Waals surface area contributed by atoms with E-state index in [4.69, 9.17) is 0 Å². The summed E-state index contributed by atoms with van der Waals surface area (Å²) in [6, 6.07) is 17.3. The van der Waals surface area contributed by atoms with Crippen LogP contribution in [-0.4, -0.2) is 54.6 Å². The molecule has 0 atom stereocenters. The summed E-state index contributed by atoms with van der Waals surface area (Å²) in [5, 5.41) is 6.43. The lowest BCUT2D eigenvalue weighted by atomic mass is 10.0. The lowest BCUT2D eigenvalue weighted by Gasteiger charge is -2.32. The first-order chi connectivity index (χ1) is 16.4. The monoisotopic (exact) mass is 483 g/mol. The van der Waals surface area contributed by atoms with Gasteiger partial charge in [-0.15, -0.1) is 0 Å². The Morgan fingerprint density at radius 3 is 2.56 bits per heavy atom. The summed E-state index contributed by atoms with van der Waals surface area (Å²) in [7, 11) is -3.39. The predicted octanol–water partition coefficient (Wildman–Crippen LogP) is 3.45. The Bertz CT molecular complexity index is 1200. The second-order valence-corrected chi connectivity index (χ2v) is 10.5. The Morgan fingerprint density at radius 2 is 1.82 bits per heavy atom. The molecule has 0 radical (unpaired) electrons. The average molecular weight is 484 g/mol. The van der Waals surface area contributed by atoms with Gasteiger partial charge in [-0.05, 0) is 49.5 Å². The van der Waals surface area contributed by atoms with Gasteiger partial charge in [-0.3, -0.25) is 0 Å². The maximum atomic E-state index is 14.7. The molecule has 0 unspecified atom stereocenters. The van der Waals surface area contributed by atoms with Gasteiger partial charge >= 0.3 is 0 Å². The highest BCUT2D eigenvalue weighted by molar-refractivity contribution is 7.88. The number of hydrogen-bond donors (Lipinski definition) is 2. The number of hydrogen-bond acceptors (Lipinski definition) is 6. The summed E-state index contributed by atoms with van der Waals surface area (Å²) in [4.78, 5) is 8.46. The second kappa shape index (κ2) is 11.0. The van der Waals surface area contributed by atoms with Crippen LogP contribution in [0.25, 0.3) is 11.3 Å². The summed E-state index contributed by atoms with van der Waals surface area (Å²) in [5.74, 6) is -0.172. The van der Waals surface area contributed by atoms with Crippen LogP contribution in [0, 0.1) is 5.82 Å². The van der Waals surface area contributed by atoms with Crippen LogP contribution in [0.3, 0.4) is 0 Å². The van der Waals surface area contributed by atoms with Gasteiger partial charge in [0, 0.05) is 24.7 Å². The molecule has 0 saturated carbocycles. The second-order valence-electron chi connectivity index (χ2n) is 8.54. The van der Waals surface area contributed by atoms with E-state index in [0.29, 0.717) is 18.1 Å². The standard InChI is InChI=1S/C25H30FN5O2S/c1-34(32,33)31(22-11-13-27-14-12-22)18-20-8-5-9-21(16-20)24-23(26)17-29-25(30-24)28-15-10-19-6-3-2-4-7-19/h2-9,16-17,22,27H,10-15,18H2,1H3,(H,28,29,30). The van der Waals surface area contributed by atoms with Gasteiger partial charge in [0.25, 0.3) is 0 Å². The number of benzene rings is 2. The number of aromatic nitrogens is 2. The molecule has 1 aliphatic heterocycles. The van der Waals surface area contributed by atoms with Crippen LogP contribution in [0.15, 0.2) is 60.8 Å². The molecule has 34 heavy (non-hydrogen) atoms. The van der Waals surface area contributed by atoms with Crippen molar-refractivity contribution in [2.75, 3.05) is 31.2 Å². The number of sulfonamides is 1. The number of anilines is 1. The minimum absolute atomic E-state index is 0.0453. The van der Waals surface area contributed by atoms with E-state index in [-0.39, 0.29) is 18.3 Å². The Morgan fingerprint density at radius 1 is 1.09 bits per heavy atom. The Hall–Kier alpha value is -2.88. The quantitative estimate of drug-likeness (QED) is 0.485. The van der Waals surface area contributed by atoms with Crippen molar-refractivity contribution < 1.29 is 12.8 Å². The number of piperidine rings is 1. The summed E-state index contributed by atoms with van der Waals surface area (Å²) >= 11 is 0. The maximum absolute atomic E-state index is 14.7. The first-order valence-corrected chi connectivity index (χ1v) is 13.3. The van der Waals surface area contributed by atoms with Gasteiger partial charge in [-0.2, -0.15) is 4.31 Å². The van der Waals surface area contributed by atoms with Crippen molar-refractivity contribution in [2.24, 2.45) is 0 Å². The predicted molar refractivity (Wildman–Crippen MR) is 132 cm³/mol. The minimum Gasteiger partial charge on any atom is -0.354 e. The minimum atomic E-state index is -3.39. The van der Waals surface area contributed by atoms with E-state index in [1.165, 1.54) is 11.8 Å². The SMILES string of the molecule is CS(=O)(=O)N(Cc1cccc(-c2nc(NCCc3ccccc3)ncc2F)c1)C1CCNCC1. The molecule has 2 heterocycles. The highest BCUT2D eigenvalue weighted by atomic mass is 32.2. The smallest absolute Gasteiger partial charge is 0.223 e. The van der Waals surface area contributed by atoms with E-state index in [2.05, 4.69) is 20.6 Å². The van der Waals surface area contributed by atoms with Crippen LogP contribution in [-0.2, 0) is 23.0 Å². The molecule has 0 spiro atoms. The number of rotatable bonds is 9. The van der Waals surface area contributed by atoms with Crippen LogP contribution < -0.4 is 10.6 Å². The van der Waals surface area contributed by atoms with Crippen molar-refractivity contribution in [3.05, 3.63) is 77.7 Å². The third-order valence-corrected chi connectivity index (χ3v) is 7.24. The first-order valence-electron chi connectivity index (χ1n) is 11.5. The van der Waals surface area contributed by atoms with Crippen LogP contribution in [0.1, 0.15) is 24.0 Å². The summed E-state index contributed by atoms with van der Waals surface area (Å²) in [5.41, 5.74) is 2.75. The van der Waals surface area contributed by atoms with E-state index in [9.17, 15) is 12.8 Å². The van der Waals surface area contributed by atoms with Gasteiger partial charge in [0.2, 0.25) is 16.0 Å². The third-order valence-electron chi connectivity index (χ3n) is 5.96. The van der Waals surface area contributed by atoms with Crippen LogP contribution in [0.5, 0.6) is 0 Å². The molecule has 0 aliphatic carbocycles. The lowest BCUT2D eigenvalue weighted by molar-refractivity contribution is 0.258. The molecule has 1 saturated heterocycles.